The summed E-state index contributed by atoms with van der Waals surface area (Å²) in [6.07, 6.45) is -0.128. The van der Waals surface area contributed by atoms with Gasteiger partial charge in [0.2, 0.25) is 0 Å². The van der Waals surface area contributed by atoms with Crippen LogP contribution in [0.25, 0.3) is 0 Å². The zero-order valence-electron chi connectivity index (χ0n) is 8.54. The van der Waals surface area contributed by atoms with Crippen molar-refractivity contribution in [2.75, 3.05) is 7.11 Å². The molecule has 0 aliphatic heterocycles. The summed E-state index contributed by atoms with van der Waals surface area (Å²) in [5.41, 5.74) is 0.347. The van der Waals surface area contributed by atoms with Crippen LogP contribution in [0.4, 0.5) is 0 Å². The van der Waals surface area contributed by atoms with Crippen LogP contribution in [0.3, 0.4) is 0 Å². The predicted molar refractivity (Wildman–Crippen MR) is 57.6 cm³/mol. The van der Waals surface area contributed by atoms with Gasteiger partial charge < -0.3 is 4.74 Å². The Morgan fingerprint density at radius 2 is 2.07 bits per heavy atom. The summed E-state index contributed by atoms with van der Waals surface area (Å²) in [6, 6.07) is 4.74. The summed E-state index contributed by atoms with van der Waals surface area (Å²) in [6.45, 7) is 1.37. The Balaban J connectivity index is 3.05. The highest BCUT2D eigenvalue weighted by atomic mass is 35.5. The van der Waals surface area contributed by atoms with E-state index in [1.54, 1.807) is 12.1 Å². The minimum absolute atomic E-state index is 0.128. The molecule has 0 aromatic heterocycles. The van der Waals surface area contributed by atoms with E-state index in [9.17, 15) is 9.59 Å². The lowest BCUT2D eigenvalue weighted by atomic mass is 10.1. The molecule has 1 aromatic rings. The first-order valence-electron chi connectivity index (χ1n) is 4.40. The number of halogens is 1. The van der Waals surface area contributed by atoms with E-state index in [0.29, 0.717) is 16.3 Å². The Morgan fingerprint density at radius 1 is 1.40 bits per heavy atom. The number of benzene rings is 1. The number of ketones is 2. The highest BCUT2D eigenvalue weighted by Gasteiger charge is 2.14. The van der Waals surface area contributed by atoms with Crippen molar-refractivity contribution in [2.24, 2.45) is 0 Å². The average Bonchev–Trinajstić information content (AvgIpc) is 2.16. The van der Waals surface area contributed by atoms with Gasteiger partial charge in [-0.15, -0.1) is 0 Å². The topological polar surface area (TPSA) is 43.4 Å². The van der Waals surface area contributed by atoms with E-state index >= 15 is 0 Å². The van der Waals surface area contributed by atoms with E-state index in [1.165, 1.54) is 20.1 Å². The van der Waals surface area contributed by atoms with Crippen LogP contribution in [0.15, 0.2) is 18.2 Å². The zero-order valence-corrected chi connectivity index (χ0v) is 9.30. The van der Waals surface area contributed by atoms with Crippen LogP contribution in [0.5, 0.6) is 5.75 Å². The molecule has 0 amide bonds. The molecule has 0 N–H and O–H groups in total. The molecule has 0 saturated carbocycles. The Kier molecular flexibility index (Phi) is 3.86. The average molecular weight is 227 g/mol. The van der Waals surface area contributed by atoms with Crippen molar-refractivity contribution in [3.8, 4) is 5.75 Å². The zero-order chi connectivity index (χ0) is 11.4. The molecule has 0 saturated heterocycles. The van der Waals surface area contributed by atoms with Gasteiger partial charge in [0.25, 0.3) is 0 Å². The first-order valence-corrected chi connectivity index (χ1v) is 4.78. The molecule has 0 unspecified atom stereocenters. The van der Waals surface area contributed by atoms with E-state index < -0.39 is 0 Å². The van der Waals surface area contributed by atoms with Gasteiger partial charge in [-0.2, -0.15) is 0 Å². The monoisotopic (exact) mass is 226 g/mol. The summed E-state index contributed by atoms with van der Waals surface area (Å²) >= 11 is 5.76. The van der Waals surface area contributed by atoms with Crippen LogP contribution in [0.1, 0.15) is 23.7 Å². The number of Topliss-reactive ketones (excluding diaryl/α,β-unsaturated/α-hetero) is 2. The van der Waals surface area contributed by atoms with Crippen LogP contribution in [0.2, 0.25) is 5.02 Å². The van der Waals surface area contributed by atoms with E-state index in [4.69, 9.17) is 16.3 Å². The highest BCUT2D eigenvalue weighted by Crippen LogP contribution is 2.23. The van der Waals surface area contributed by atoms with Gasteiger partial charge in [0.1, 0.15) is 11.5 Å². The number of carbonyl (C=O) groups excluding carboxylic acids is 2. The molecule has 0 bridgehead atoms. The highest BCUT2D eigenvalue weighted by molar-refractivity contribution is 6.31. The van der Waals surface area contributed by atoms with Crippen molar-refractivity contribution in [3.63, 3.8) is 0 Å². The molecule has 0 heterocycles. The van der Waals surface area contributed by atoms with Crippen molar-refractivity contribution < 1.29 is 14.3 Å². The number of carbonyl (C=O) groups is 2. The van der Waals surface area contributed by atoms with Crippen molar-refractivity contribution in [1.82, 2.24) is 0 Å². The fourth-order valence-electron chi connectivity index (χ4n) is 1.22. The molecular formula is C11H11ClO3. The van der Waals surface area contributed by atoms with Gasteiger partial charge in [-0.05, 0) is 25.1 Å². The molecule has 0 atom stereocenters. The molecular weight excluding hydrogens is 216 g/mol. The fourth-order valence-corrected chi connectivity index (χ4v) is 1.39. The number of hydrogen-bond donors (Lipinski definition) is 0. The molecule has 1 rings (SSSR count). The van der Waals surface area contributed by atoms with Crippen molar-refractivity contribution in [3.05, 3.63) is 28.8 Å². The fraction of sp³-hybridized carbons (Fsp3) is 0.273. The summed E-state index contributed by atoms with van der Waals surface area (Å²) in [5.74, 6) is -0.0190. The maximum absolute atomic E-state index is 11.6. The third-order valence-electron chi connectivity index (χ3n) is 1.87. The maximum Gasteiger partial charge on any atom is 0.173 e. The van der Waals surface area contributed by atoms with Crippen molar-refractivity contribution >= 4 is 23.2 Å². The molecule has 15 heavy (non-hydrogen) atoms. The molecule has 80 valence electrons. The van der Waals surface area contributed by atoms with Crippen molar-refractivity contribution in [2.45, 2.75) is 13.3 Å². The van der Waals surface area contributed by atoms with Crippen LogP contribution in [-0.2, 0) is 4.79 Å². The molecule has 0 aliphatic carbocycles. The quantitative estimate of drug-likeness (QED) is 0.585. The van der Waals surface area contributed by atoms with Gasteiger partial charge >= 0.3 is 0 Å². The first-order chi connectivity index (χ1) is 7.04. The molecule has 4 heteroatoms. The second-order valence-corrected chi connectivity index (χ2v) is 3.58. The first kappa shape index (κ1) is 11.7. The molecule has 0 spiro atoms. The van der Waals surface area contributed by atoms with Crippen LogP contribution in [0, 0.1) is 0 Å². The number of hydrogen-bond acceptors (Lipinski definition) is 3. The minimum Gasteiger partial charge on any atom is -0.496 e. The van der Waals surface area contributed by atoms with E-state index in [-0.39, 0.29) is 18.0 Å². The van der Waals surface area contributed by atoms with Gasteiger partial charge in [-0.1, -0.05) is 11.6 Å². The van der Waals surface area contributed by atoms with Gasteiger partial charge in [-0.3, -0.25) is 9.59 Å². The summed E-state index contributed by atoms with van der Waals surface area (Å²) in [7, 11) is 1.47. The molecule has 0 radical (unpaired) electrons. The standard InChI is InChI=1S/C11H11ClO3/c1-7(13)5-10(14)9-6-8(12)3-4-11(9)15-2/h3-4,6H,5H2,1-2H3. The van der Waals surface area contributed by atoms with Gasteiger partial charge in [0, 0.05) is 5.02 Å². The predicted octanol–water partition coefficient (Wildman–Crippen LogP) is 2.51. The molecule has 1 aromatic carbocycles. The largest absolute Gasteiger partial charge is 0.496 e. The van der Waals surface area contributed by atoms with Gasteiger partial charge in [0.05, 0.1) is 19.1 Å². The van der Waals surface area contributed by atoms with E-state index in [2.05, 4.69) is 0 Å². The van der Waals surface area contributed by atoms with E-state index in [0.717, 1.165) is 0 Å². The minimum atomic E-state index is -0.276. The number of methoxy groups -OCH3 is 1. The Hall–Kier alpha value is -1.35. The second-order valence-electron chi connectivity index (χ2n) is 3.15. The second kappa shape index (κ2) is 4.94. The lowest BCUT2D eigenvalue weighted by molar-refractivity contribution is -0.116. The van der Waals surface area contributed by atoms with Crippen LogP contribution < -0.4 is 4.74 Å². The molecule has 3 nitrogen and oxygen atoms in total. The molecule has 0 fully saturated rings. The summed E-state index contributed by atoms with van der Waals surface area (Å²) in [4.78, 5) is 22.4. The van der Waals surface area contributed by atoms with Crippen LogP contribution in [-0.4, -0.2) is 18.7 Å². The summed E-state index contributed by atoms with van der Waals surface area (Å²) < 4.78 is 5.01. The van der Waals surface area contributed by atoms with E-state index in [1.807, 2.05) is 0 Å². The van der Waals surface area contributed by atoms with Gasteiger partial charge in [0.15, 0.2) is 5.78 Å². The Morgan fingerprint density at radius 3 is 2.60 bits per heavy atom. The number of ether oxygens (including phenoxy) is 1. The smallest absolute Gasteiger partial charge is 0.173 e. The van der Waals surface area contributed by atoms with Gasteiger partial charge in [-0.25, -0.2) is 0 Å². The number of rotatable bonds is 4. The van der Waals surface area contributed by atoms with Crippen molar-refractivity contribution in [1.29, 1.82) is 0 Å². The SMILES string of the molecule is COc1ccc(Cl)cc1C(=O)CC(C)=O. The normalized spacial score (nSPS) is 9.80. The summed E-state index contributed by atoms with van der Waals surface area (Å²) in [5, 5.41) is 0.447. The third kappa shape index (κ3) is 3.06. The molecule has 0 aliphatic rings. The maximum atomic E-state index is 11.6. The van der Waals surface area contributed by atoms with Crippen LogP contribution >= 0.6 is 11.6 Å². The lowest BCUT2D eigenvalue weighted by Crippen LogP contribution is -2.06. The lowest BCUT2D eigenvalue weighted by Gasteiger charge is -2.06. The third-order valence-corrected chi connectivity index (χ3v) is 2.11. The Labute approximate surface area is 93.0 Å². The Bertz CT molecular complexity index is 399.